The van der Waals surface area contributed by atoms with Gasteiger partial charge in [0.1, 0.15) is 0 Å². The Labute approximate surface area is 59.5 Å². The van der Waals surface area contributed by atoms with Gasteiger partial charge in [0.25, 0.3) is 0 Å². The fraction of sp³-hybridized carbons (Fsp3) is 0.571. The normalized spacial score (nSPS) is 32.7. The number of aliphatic carboxylic acids is 1. The van der Waals surface area contributed by atoms with E-state index >= 15 is 0 Å². The summed E-state index contributed by atoms with van der Waals surface area (Å²) in [6.07, 6.45) is 1.10. The van der Waals surface area contributed by atoms with Crippen LogP contribution in [0, 0.1) is 5.92 Å². The van der Waals surface area contributed by atoms with E-state index in [9.17, 15) is 4.79 Å². The van der Waals surface area contributed by atoms with Crippen LogP contribution >= 0.6 is 0 Å². The monoisotopic (exact) mass is 141 g/mol. The molecule has 0 radical (unpaired) electrons. The number of nitrogens with two attached hydrogens (primary N) is 1. The summed E-state index contributed by atoms with van der Waals surface area (Å²) < 4.78 is 0. The molecular weight excluding hydrogens is 130 g/mol. The van der Waals surface area contributed by atoms with Crippen molar-refractivity contribution in [3.05, 3.63) is 12.2 Å². The Morgan fingerprint density at radius 2 is 2.40 bits per heavy atom. The summed E-state index contributed by atoms with van der Waals surface area (Å²) in [5.41, 5.74) is 6.41. The molecule has 0 aliphatic heterocycles. The molecule has 0 bridgehead atoms. The van der Waals surface area contributed by atoms with E-state index in [4.69, 9.17) is 10.8 Å². The van der Waals surface area contributed by atoms with Crippen LogP contribution in [-0.2, 0) is 4.79 Å². The molecule has 1 saturated carbocycles. The molecule has 1 rings (SSSR count). The van der Waals surface area contributed by atoms with Gasteiger partial charge < -0.3 is 10.8 Å². The average molecular weight is 141 g/mol. The van der Waals surface area contributed by atoms with Crippen LogP contribution in [0.1, 0.15) is 12.8 Å². The largest absolute Gasteiger partial charge is 0.481 e. The highest BCUT2D eigenvalue weighted by atomic mass is 16.4. The molecule has 0 aromatic heterocycles. The zero-order valence-electron chi connectivity index (χ0n) is 5.71. The van der Waals surface area contributed by atoms with Gasteiger partial charge in [-0.2, -0.15) is 0 Å². The third kappa shape index (κ3) is 1.19. The molecule has 1 fully saturated rings. The Balaban J connectivity index is 2.57. The number of carboxylic acid groups (broad SMARTS) is 1. The summed E-state index contributed by atoms with van der Waals surface area (Å²) in [6, 6.07) is -0.0962. The first kappa shape index (κ1) is 7.28. The van der Waals surface area contributed by atoms with E-state index < -0.39 is 5.97 Å². The maximum Gasteiger partial charge on any atom is 0.306 e. The first-order valence-corrected chi connectivity index (χ1v) is 3.27. The molecule has 0 heterocycles. The van der Waals surface area contributed by atoms with Gasteiger partial charge in [-0.3, -0.25) is 4.79 Å². The molecule has 0 spiro atoms. The van der Waals surface area contributed by atoms with Gasteiger partial charge in [0.05, 0.1) is 5.92 Å². The quantitative estimate of drug-likeness (QED) is 0.518. The first-order chi connectivity index (χ1) is 4.61. The van der Waals surface area contributed by atoms with Crippen molar-refractivity contribution in [2.45, 2.75) is 18.9 Å². The molecule has 2 atom stereocenters. The van der Waals surface area contributed by atoms with Crippen LogP contribution in [0.2, 0.25) is 0 Å². The van der Waals surface area contributed by atoms with E-state index in [-0.39, 0.29) is 12.0 Å². The highest BCUT2D eigenvalue weighted by molar-refractivity contribution is 5.71. The maximum atomic E-state index is 10.4. The van der Waals surface area contributed by atoms with Crippen molar-refractivity contribution in [3.8, 4) is 0 Å². The maximum absolute atomic E-state index is 10.4. The van der Waals surface area contributed by atoms with Crippen LogP contribution < -0.4 is 5.73 Å². The van der Waals surface area contributed by atoms with Crippen LogP contribution in [0.5, 0.6) is 0 Å². The smallest absolute Gasteiger partial charge is 0.306 e. The van der Waals surface area contributed by atoms with Crippen molar-refractivity contribution in [2.75, 3.05) is 0 Å². The number of rotatable bonds is 1. The molecule has 56 valence electrons. The van der Waals surface area contributed by atoms with Crippen molar-refractivity contribution in [3.63, 3.8) is 0 Å². The van der Waals surface area contributed by atoms with Crippen LogP contribution in [-0.4, -0.2) is 17.1 Å². The second-order valence-corrected chi connectivity index (χ2v) is 2.74. The van der Waals surface area contributed by atoms with Gasteiger partial charge in [-0.1, -0.05) is 12.2 Å². The summed E-state index contributed by atoms with van der Waals surface area (Å²) in [6.45, 7) is 3.68. The predicted molar refractivity (Wildman–Crippen MR) is 37.5 cm³/mol. The zero-order valence-corrected chi connectivity index (χ0v) is 5.71. The zero-order chi connectivity index (χ0) is 7.72. The Kier molecular flexibility index (Phi) is 1.76. The molecule has 0 unspecified atom stereocenters. The lowest BCUT2D eigenvalue weighted by atomic mass is 10.1. The molecule has 1 aliphatic rings. The fourth-order valence-electron chi connectivity index (χ4n) is 1.21. The minimum absolute atomic E-state index is 0.0962. The van der Waals surface area contributed by atoms with Crippen LogP contribution in [0.25, 0.3) is 0 Å². The lowest BCUT2D eigenvalue weighted by molar-refractivity contribution is -0.141. The number of hydrogen-bond donors (Lipinski definition) is 2. The summed E-state index contributed by atoms with van der Waals surface area (Å²) in [5.74, 6) is -1.04. The second-order valence-electron chi connectivity index (χ2n) is 2.74. The highest BCUT2D eigenvalue weighted by Crippen LogP contribution is 2.27. The molecule has 0 aromatic rings. The van der Waals surface area contributed by atoms with Gasteiger partial charge in [0.15, 0.2) is 0 Å². The highest BCUT2D eigenvalue weighted by Gasteiger charge is 2.29. The summed E-state index contributed by atoms with van der Waals surface area (Å²) in [4.78, 5) is 10.4. The topological polar surface area (TPSA) is 63.3 Å². The fourth-order valence-corrected chi connectivity index (χ4v) is 1.21. The van der Waals surface area contributed by atoms with E-state index in [0.717, 1.165) is 5.57 Å². The van der Waals surface area contributed by atoms with Gasteiger partial charge >= 0.3 is 5.97 Å². The third-order valence-corrected chi connectivity index (χ3v) is 1.92. The molecule has 1 aliphatic carbocycles. The minimum atomic E-state index is -0.755. The predicted octanol–water partition coefficient (Wildman–Crippen LogP) is 0.365. The summed E-state index contributed by atoms with van der Waals surface area (Å²) in [5, 5.41) is 8.55. The summed E-state index contributed by atoms with van der Waals surface area (Å²) in [7, 11) is 0. The van der Waals surface area contributed by atoms with Crippen molar-refractivity contribution in [1.29, 1.82) is 0 Å². The lowest BCUT2D eigenvalue weighted by Crippen LogP contribution is -2.18. The van der Waals surface area contributed by atoms with Crippen LogP contribution in [0.4, 0.5) is 0 Å². The van der Waals surface area contributed by atoms with Crippen molar-refractivity contribution in [1.82, 2.24) is 0 Å². The molecule has 0 aromatic carbocycles. The third-order valence-electron chi connectivity index (χ3n) is 1.92. The molecular formula is C7H11NO2. The van der Waals surface area contributed by atoms with Gasteiger partial charge in [0.2, 0.25) is 0 Å². The first-order valence-electron chi connectivity index (χ1n) is 3.27. The average Bonchev–Trinajstić information content (AvgIpc) is 2.13. The van der Waals surface area contributed by atoms with E-state index in [1.807, 2.05) is 0 Å². The number of carboxylic acids is 1. The van der Waals surface area contributed by atoms with Gasteiger partial charge in [-0.05, 0) is 12.8 Å². The van der Waals surface area contributed by atoms with Gasteiger partial charge in [0, 0.05) is 6.04 Å². The number of hydrogen-bond acceptors (Lipinski definition) is 2. The Morgan fingerprint density at radius 3 is 2.60 bits per heavy atom. The van der Waals surface area contributed by atoms with E-state index in [0.29, 0.717) is 12.8 Å². The number of carbonyl (C=O) groups is 1. The molecule has 3 heteroatoms. The molecule has 10 heavy (non-hydrogen) atoms. The lowest BCUT2D eigenvalue weighted by Gasteiger charge is -1.99. The summed E-state index contributed by atoms with van der Waals surface area (Å²) >= 11 is 0. The van der Waals surface area contributed by atoms with Gasteiger partial charge in [-0.25, -0.2) is 0 Å². The van der Waals surface area contributed by atoms with E-state index in [1.165, 1.54) is 0 Å². The van der Waals surface area contributed by atoms with Crippen LogP contribution in [0.15, 0.2) is 12.2 Å². The minimum Gasteiger partial charge on any atom is -0.481 e. The standard InChI is InChI=1S/C7H11NO2/c1-4-2-5(7(9)10)3-6(4)8/h5-6H,1-3,8H2,(H,9,10)/t5-,6-/m0/s1. The van der Waals surface area contributed by atoms with Gasteiger partial charge in [-0.15, -0.1) is 0 Å². The second kappa shape index (κ2) is 2.42. The Bertz CT molecular complexity index is 176. The van der Waals surface area contributed by atoms with Crippen LogP contribution in [0.3, 0.4) is 0 Å². The van der Waals surface area contributed by atoms with E-state index in [1.54, 1.807) is 0 Å². The molecule has 3 N–H and O–H groups in total. The SMILES string of the molecule is C=C1C[C@H](C(=O)O)C[C@@H]1N. The van der Waals surface area contributed by atoms with E-state index in [2.05, 4.69) is 6.58 Å². The van der Waals surface area contributed by atoms with Crippen molar-refractivity contribution >= 4 is 5.97 Å². The molecule has 0 amide bonds. The Hall–Kier alpha value is -0.830. The molecule has 3 nitrogen and oxygen atoms in total. The Morgan fingerprint density at radius 1 is 1.80 bits per heavy atom. The van der Waals surface area contributed by atoms with Crippen molar-refractivity contribution < 1.29 is 9.90 Å². The molecule has 0 saturated heterocycles. The van der Waals surface area contributed by atoms with Crippen molar-refractivity contribution in [2.24, 2.45) is 11.7 Å².